The van der Waals surface area contributed by atoms with Crippen LogP contribution in [-0.4, -0.2) is 24.0 Å². The molecule has 0 aliphatic carbocycles. The van der Waals surface area contributed by atoms with Crippen LogP contribution in [-0.2, 0) is 16.0 Å². The van der Waals surface area contributed by atoms with E-state index in [1.807, 2.05) is 36.4 Å². The number of Topliss-reactive ketones (excluding diaryl/α,β-unsaturated/α-hetero) is 1. The number of amides is 1. The van der Waals surface area contributed by atoms with Crippen molar-refractivity contribution in [3.63, 3.8) is 0 Å². The lowest BCUT2D eigenvalue weighted by Crippen LogP contribution is -2.43. The Morgan fingerprint density at radius 1 is 1.00 bits per heavy atom. The van der Waals surface area contributed by atoms with Crippen LogP contribution in [0.1, 0.15) is 29.3 Å². The minimum absolute atomic E-state index is 0.121. The third-order valence-electron chi connectivity index (χ3n) is 3.77. The molecule has 0 saturated heterocycles. The van der Waals surface area contributed by atoms with Gasteiger partial charge in [-0.15, -0.1) is 0 Å². The van der Waals surface area contributed by atoms with Crippen molar-refractivity contribution in [3.05, 3.63) is 71.8 Å². The van der Waals surface area contributed by atoms with Crippen LogP contribution in [0.4, 0.5) is 0 Å². The van der Waals surface area contributed by atoms with Crippen LogP contribution in [0, 0.1) is 5.92 Å². The summed E-state index contributed by atoms with van der Waals surface area (Å²) >= 11 is 0. The summed E-state index contributed by atoms with van der Waals surface area (Å²) in [6.07, 6.45) is 1.29. The van der Waals surface area contributed by atoms with Crippen molar-refractivity contribution in [1.29, 1.82) is 0 Å². The van der Waals surface area contributed by atoms with Gasteiger partial charge in [0.1, 0.15) is 6.29 Å². The Morgan fingerprint density at radius 3 is 2.17 bits per heavy atom. The highest BCUT2D eigenvalue weighted by Gasteiger charge is 2.23. The van der Waals surface area contributed by atoms with Crippen molar-refractivity contribution in [2.24, 2.45) is 5.92 Å². The molecule has 0 saturated carbocycles. The Hall–Kier alpha value is -2.75. The molecule has 1 N–H and O–H groups in total. The minimum Gasteiger partial charge on any atom is -0.342 e. The van der Waals surface area contributed by atoms with E-state index >= 15 is 0 Å². The molecule has 4 heteroatoms. The molecule has 0 bridgehead atoms. The maximum Gasteiger partial charge on any atom is 0.251 e. The Bertz CT molecular complexity index is 683. The lowest BCUT2D eigenvalue weighted by molar-refractivity contribution is -0.124. The molecule has 0 aliphatic heterocycles. The summed E-state index contributed by atoms with van der Waals surface area (Å²) in [5.74, 6) is -0.782. The lowest BCUT2D eigenvalue weighted by atomic mass is 9.96. The van der Waals surface area contributed by atoms with E-state index in [9.17, 15) is 14.4 Å². The molecule has 124 valence electrons. The van der Waals surface area contributed by atoms with E-state index in [0.717, 1.165) is 11.8 Å². The van der Waals surface area contributed by atoms with Gasteiger partial charge in [-0.05, 0) is 24.1 Å². The fraction of sp³-hybridized carbons (Fsp3) is 0.250. The van der Waals surface area contributed by atoms with Crippen molar-refractivity contribution in [2.45, 2.75) is 25.8 Å². The van der Waals surface area contributed by atoms with Gasteiger partial charge in [0.15, 0.2) is 5.78 Å². The van der Waals surface area contributed by atoms with Crippen LogP contribution in [0.2, 0.25) is 0 Å². The van der Waals surface area contributed by atoms with Gasteiger partial charge in [0.05, 0.1) is 6.04 Å². The van der Waals surface area contributed by atoms with Crippen LogP contribution in [0.25, 0.3) is 0 Å². The van der Waals surface area contributed by atoms with Crippen molar-refractivity contribution in [2.75, 3.05) is 0 Å². The molecule has 2 aromatic carbocycles. The maximum atomic E-state index is 12.5. The van der Waals surface area contributed by atoms with Crippen LogP contribution >= 0.6 is 0 Å². The molecule has 2 unspecified atom stereocenters. The van der Waals surface area contributed by atoms with Gasteiger partial charge in [-0.2, -0.15) is 0 Å². The number of ketones is 1. The molecule has 0 aromatic heterocycles. The van der Waals surface area contributed by atoms with E-state index in [4.69, 9.17) is 0 Å². The molecular weight excluding hydrogens is 302 g/mol. The summed E-state index contributed by atoms with van der Waals surface area (Å²) in [4.78, 5) is 35.7. The Labute approximate surface area is 141 Å². The Balaban J connectivity index is 2.14. The van der Waals surface area contributed by atoms with Gasteiger partial charge in [-0.3, -0.25) is 9.59 Å². The number of hydrogen-bond donors (Lipinski definition) is 1. The van der Waals surface area contributed by atoms with E-state index in [0.29, 0.717) is 12.0 Å². The molecule has 0 fully saturated rings. The first-order chi connectivity index (χ1) is 11.6. The van der Waals surface area contributed by atoms with Crippen molar-refractivity contribution in [3.8, 4) is 0 Å². The zero-order valence-corrected chi connectivity index (χ0v) is 13.6. The number of benzene rings is 2. The number of carbonyl (C=O) groups is 3. The summed E-state index contributed by atoms with van der Waals surface area (Å²) in [6, 6.07) is 17.6. The number of aldehydes is 1. The van der Waals surface area contributed by atoms with E-state index in [1.54, 1.807) is 31.2 Å². The summed E-state index contributed by atoms with van der Waals surface area (Å²) in [5, 5.41) is 2.81. The first kappa shape index (κ1) is 17.6. The van der Waals surface area contributed by atoms with Gasteiger partial charge < -0.3 is 10.1 Å². The molecule has 0 heterocycles. The quantitative estimate of drug-likeness (QED) is 0.760. The third-order valence-corrected chi connectivity index (χ3v) is 3.77. The third kappa shape index (κ3) is 5.16. The van der Waals surface area contributed by atoms with Gasteiger partial charge in [-0.1, -0.05) is 55.5 Å². The monoisotopic (exact) mass is 323 g/mol. The minimum atomic E-state index is -0.650. The predicted molar refractivity (Wildman–Crippen MR) is 92.7 cm³/mol. The second-order valence-electron chi connectivity index (χ2n) is 5.87. The van der Waals surface area contributed by atoms with Gasteiger partial charge in [-0.25, -0.2) is 0 Å². The zero-order valence-electron chi connectivity index (χ0n) is 13.6. The second-order valence-corrected chi connectivity index (χ2v) is 5.87. The molecular formula is C20H21NO3. The van der Waals surface area contributed by atoms with Gasteiger partial charge >= 0.3 is 0 Å². The number of hydrogen-bond acceptors (Lipinski definition) is 3. The first-order valence-corrected chi connectivity index (χ1v) is 7.98. The van der Waals surface area contributed by atoms with Crippen LogP contribution in [0.5, 0.6) is 0 Å². The molecule has 0 aliphatic rings. The number of carbonyl (C=O) groups excluding carboxylic acids is 3. The maximum absolute atomic E-state index is 12.5. The molecule has 24 heavy (non-hydrogen) atoms. The molecule has 2 rings (SSSR count). The molecule has 4 nitrogen and oxygen atoms in total. The largest absolute Gasteiger partial charge is 0.342 e. The molecule has 2 atom stereocenters. The van der Waals surface area contributed by atoms with E-state index in [-0.39, 0.29) is 24.0 Å². The number of rotatable bonds is 8. The predicted octanol–water partition coefficient (Wildman–Crippen LogP) is 2.82. The number of nitrogens with one attached hydrogen (secondary N) is 1. The SMILES string of the molecule is CC(C=O)CC(=O)C(Cc1ccccc1)NC(=O)c1ccccc1. The smallest absolute Gasteiger partial charge is 0.251 e. The fourth-order valence-corrected chi connectivity index (χ4v) is 2.43. The topological polar surface area (TPSA) is 63.2 Å². The van der Waals surface area contributed by atoms with Crippen molar-refractivity contribution >= 4 is 18.0 Å². The Kier molecular flexibility index (Phi) is 6.43. The van der Waals surface area contributed by atoms with Gasteiger partial charge in [0.2, 0.25) is 0 Å². The normalized spacial score (nSPS) is 12.9. The summed E-state index contributed by atoms with van der Waals surface area (Å²) in [5.41, 5.74) is 1.47. The fourth-order valence-electron chi connectivity index (χ4n) is 2.43. The highest BCUT2D eigenvalue weighted by Crippen LogP contribution is 2.10. The highest BCUT2D eigenvalue weighted by atomic mass is 16.2. The Morgan fingerprint density at radius 2 is 1.58 bits per heavy atom. The van der Waals surface area contributed by atoms with Crippen LogP contribution in [0.15, 0.2) is 60.7 Å². The molecule has 0 radical (unpaired) electrons. The van der Waals surface area contributed by atoms with E-state index in [2.05, 4.69) is 5.32 Å². The second kappa shape index (κ2) is 8.77. The molecule has 1 amide bonds. The summed E-state index contributed by atoms with van der Waals surface area (Å²) in [6.45, 7) is 1.70. The average molecular weight is 323 g/mol. The zero-order chi connectivity index (χ0) is 17.4. The van der Waals surface area contributed by atoms with E-state index < -0.39 is 6.04 Å². The van der Waals surface area contributed by atoms with Crippen molar-refractivity contribution < 1.29 is 14.4 Å². The van der Waals surface area contributed by atoms with E-state index in [1.165, 1.54) is 0 Å². The first-order valence-electron chi connectivity index (χ1n) is 7.98. The van der Waals surface area contributed by atoms with Crippen LogP contribution in [0.3, 0.4) is 0 Å². The standard InChI is InChI=1S/C20H21NO3/c1-15(14-22)12-19(23)18(13-16-8-4-2-5-9-16)21-20(24)17-10-6-3-7-11-17/h2-11,14-15,18H,12-13H2,1H3,(H,21,24). The highest BCUT2D eigenvalue weighted by molar-refractivity contribution is 5.98. The summed E-state index contributed by atoms with van der Waals surface area (Å²) < 4.78 is 0. The molecule has 2 aromatic rings. The van der Waals surface area contributed by atoms with Gasteiger partial charge in [0, 0.05) is 17.9 Å². The average Bonchev–Trinajstić information content (AvgIpc) is 2.62. The summed E-state index contributed by atoms with van der Waals surface area (Å²) in [7, 11) is 0. The van der Waals surface area contributed by atoms with Crippen LogP contribution < -0.4 is 5.32 Å². The van der Waals surface area contributed by atoms with Gasteiger partial charge in [0.25, 0.3) is 5.91 Å². The lowest BCUT2D eigenvalue weighted by Gasteiger charge is -2.19. The molecule has 0 spiro atoms. The van der Waals surface area contributed by atoms with Crippen molar-refractivity contribution in [1.82, 2.24) is 5.32 Å².